The van der Waals surface area contributed by atoms with E-state index in [1.54, 1.807) is 14.2 Å². The molecule has 1 aromatic heterocycles. The minimum absolute atomic E-state index is 0. The van der Waals surface area contributed by atoms with Gasteiger partial charge in [-0.15, -0.1) is 0 Å². The van der Waals surface area contributed by atoms with Gasteiger partial charge in [0.15, 0.2) is 35.7 Å². The van der Waals surface area contributed by atoms with Gasteiger partial charge in [-0.2, -0.15) is 4.57 Å². The lowest BCUT2D eigenvalue weighted by Gasteiger charge is -2.19. The van der Waals surface area contributed by atoms with Crippen molar-refractivity contribution < 1.29 is 47.5 Å². The van der Waals surface area contributed by atoms with E-state index in [1.165, 1.54) is 27.8 Å². The van der Waals surface area contributed by atoms with Gasteiger partial charge in [0.05, 0.1) is 25.2 Å². The van der Waals surface area contributed by atoms with Crippen LogP contribution in [-0.2, 0) is 13.0 Å². The van der Waals surface area contributed by atoms with E-state index in [2.05, 4.69) is 35.9 Å². The van der Waals surface area contributed by atoms with Crippen molar-refractivity contribution in [1.29, 1.82) is 0 Å². The number of ether oxygens (including phenoxy) is 4. The molecule has 0 bridgehead atoms. The summed E-state index contributed by atoms with van der Waals surface area (Å²) in [4.78, 5) is 0. The predicted octanol–water partition coefficient (Wildman–Crippen LogP) is 0.409. The first-order chi connectivity index (χ1) is 12.7. The highest BCUT2D eigenvalue weighted by Gasteiger charge is 2.30. The molecule has 2 aliphatic rings. The number of pyridine rings is 1. The lowest BCUT2D eigenvalue weighted by molar-refractivity contribution is -0.686. The van der Waals surface area contributed by atoms with Crippen LogP contribution >= 0.6 is 0 Å². The summed E-state index contributed by atoms with van der Waals surface area (Å²) in [6.45, 7) is 3.38. The number of nitrogens with zero attached hydrogens (tertiary/aromatic N) is 1. The molecular weight excluding hydrogens is 457 g/mol. The Kier molecular flexibility index (Phi) is 4.53. The van der Waals surface area contributed by atoms with E-state index >= 15 is 0 Å². The van der Waals surface area contributed by atoms with Gasteiger partial charge in [0, 0.05) is 17.4 Å². The zero-order valence-electron chi connectivity index (χ0n) is 15.5. The number of halogens is 1. The van der Waals surface area contributed by atoms with E-state index in [1.807, 2.05) is 6.07 Å². The molecule has 0 amide bonds. The van der Waals surface area contributed by atoms with Gasteiger partial charge in [-0.05, 0) is 36.8 Å². The molecule has 3 heterocycles. The SMILES string of the molecule is COc1ccc2c(C)c3[n+](cc2c1OC)CCc1cc2c(cc1-3)OCO2.[I-]. The zero-order valence-corrected chi connectivity index (χ0v) is 17.6. The molecule has 0 saturated heterocycles. The van der Waals surface area contributed by atoms with Gasteiger partial charge in [-0.25, -0.2) is 0 Å². The van der Waals surface area contributed by atoms with E-state index in [0.717, 1.165) is 41.3 Å². The van der Waals surface area contributed by atoms with Gasteiger partial charge in [0.2, 0.25) is 12.5 Å². The van der Waals surface area contributed by atoms with Crippen LogP contribution in [0.2, 0.25) is 0 Å². The van der Waals surface area contributed by atoms with E-state index in [0.29, 0.717) is 6.79 Å². The Morgan fingerprint density at radius 1 is 1.00 bits per heavy atom. The monoisotopic (exact) mass is 477 g/mol. The first kappa shape index (κ1) is 18.2. The van der Waals surface area contributed by atoms with Crippen LogP contribution in [0.4, 0.5) is 0 Å². The fourth-order valence-corrected chi connectivity index (χ4v) is 4.15. The molecule has 0 N–H and O–H groups in total. The third kappa shape index (κ3) is 2.61. The molecule has 140 valence electrons. The lowest BCUT2D eigenvalue weighted by Crippen LogP contribution is -3.00. The molecule has 0 radical (unpaired) electrons. The highest BCUT2D eigenvalue weighted by Crippen LogP contribution is 2.43. The Labute approximate surface area is 174 Å². The number of methoxy groups -OCH3 is 2. The molecule has 27 heavy (non-hydrogen) atoms. The smallest absolute Gasteiger partial charge is 0.231 e. The second-order valence-corrected chi connectivity index (χ2v) is 6.67. The van der Waals surface area contributed by atoms with Crippen LogP contribution in [0.5, 0.6) is 23.0 Å². The molecule has 0 saturated carbocycles. The lowest BCUT2D eigenvalue weighted by atomic mass is 9.92. The van der Waals surface area contributed by atoms with Gasteiger partial charge in [0.25, 0.3) is 0 Å². The average molecular weight is 477 g/mol. The summed E-state index contributed by atoms with van der Waals surface area (Å²) >= 11 is 0. The van der Waals surface area contributed by atoms with Gasteiger partial charge < -0.3 is 42.9 Å². The molecule has 5 nitrogen and oxygen atoms in total. The first-order valence-corrected chi connectivity index (χ1v) is 8.72. The van der Waals surface area contributed by atoms with E-state index < -0.39 is 0 Å². The molecule has 2 aliphatic heterocycles. The summed E-state index contributed by atoms with van der Waals surface area (Å²) in [6, 6.07) is 8.31. The number of hydrogen-bond donors (Lipinski definition) is 0. The van der Waals surface area contributed by atoms with Crippen molar-refractivity contribution in [2.45, 2.75) is 19.9 Å². The first-order valence-electron chi connectivity index (χ1n) is 8.72. The fourth-order valence-electron chi connectivity index (χ4n) is 4.15. The highest BCUT2D eigenvalue weighted by atomic mass is 127. The van der Waals surface area contributed by atoms with Gasteiger partial charge >= 0.3 is 0 Å². The van der Waals surface area contributed by atoms with Crippen molar-refractivity contribution in [2.75, 3.05) is 21.0 Å². The molecular formula is C21H20INO4. The highest BCUT2D eigenvalue weighted by molar-refractivity contribution is 5.94. The predicted molar refractivity (Wildman–Crippen MR) is 97.2 cm³/mol. The van der Waals surface area contributed by atoms with Crippen molar-refractivity contribution in [3.63, 3.8) is 0 Å². The third-order valence-corrected chi connectivity index (χ3v) is 5.39. The largest absolute Gasteiger partial charge is 1.00 e. The summed E-state index contributed by atoms with van der Waals surface area (Å²) in [5.74, 6) is 3.20. The van der Waals surface area contributed by atoms with Gasteiger partial charge in [0.1, 0.15) is 0 Å². The van der Waals surface area contributed by atoms with Crippen LogP contribution in [0, 0.1) is 6.92 Å². The number of rotatable bonds is 2. The molecule has 5 rings (SSSR count). The Hall–Kier alpha value is -2.22. The maximum Gasteiger partial charge on any atom is 0.231 e. The normalized spacial score (nSPS) is 13.6. The summed E-state index contributed by atoms with van der Waals surface area (Å²) in [6.07, 6.45) is 3.13. The average Bonchev–Trinajstić information content (AvgIpc) is 3.12. The zero-order chi connectivity index (χ0) is 17.8. The topological polar surface area (TPSA) is 40.8 Å². The summed E-state index contributed by atoms with van der Waals surface area (Å²) in [5, 5.41) is 2.23. The maximum absolute atomic E-state index is 5.65. The number of hydrogen-bond acceptors (Lipinski definition) is 4. The fraction of sp³-hybridized carbons (Fsp3) is 0.286. The molecule has 0 aliphatic carbocycles. The number of aromatic nitrogens is 1. The molecule has 6 heteroatoms. The Balaban J connectivity index is 0.00000180. The summed E-state index contributed by atoms with van der Waals surface area (Å²) in [7, 11) is 3.35. The molecule has 0 unspecified atom stereocenters. The molecule has 0 atom stereocenters. The maximum atomic E-state index is 5.65. The Morgan fingerprint density at radius 3 is 2.52 bits per heavy atom. The molecule has 2 aromatic carbocycles. The van der Waals surface area contributed by atoms with Gasteiger partial charge in [-0.1, -0.05) is 0 Å². The van der Waals surface area contributed by atoms with Crippen molar-refractivity contribution in [2.24, 2.45) is 0 Å². The van der Waals surface area contributed by atoms with Crippen LogP contribution in [0.15, 0.2) is 30.5 Å². The van der Waals surface area contributed by atoms with Crippen molar-refractivity contribution >= 4 is 10.8 Å². The van der Waals surface area contributed by atoms with Crippen LogP contribution in [0.3, 0.4) is 0 Å². The van der Waals surface area contributed by atoms with Crippen molar-refractivity contribution in [1.82, 2.24) is 0 Å². The minimum Gasteiger partial charge on any atom is -1.00 e. The Morgan fingerprint density at radius 2 is 1.78 bits per heavy atom. The van der Waals surface area contributed by atoms with Crippen molar-refractivity contribution in [3.05, 3.63) is 41.6 Å². The number of aryl methyl sites for hydroxylation is 3. The second-order valence-electron chi connectivity index (χ2n) is 6.67. The van der Waals surface area contributed by atoms with Crippen molar-refractivity contribution in [3.8, 4) is 34.3 Å². The number of benzene rings is 2. The van der Waals surface area contributed by atoms with Crippen LogP contribution in [0.1, 0.15) is 11.1 Å². The van der Waals surface area contributed by atoms with Crippen LogP contribution in [0.25, 0.3) is 22.0 Å². The Bertz CT molecular complexity index is 1060. The molecule has 0 spiro atoms. The van der Waals surface area contributed by atoms with Crippen LogP contribution in [-0.4, -0.2) is 21.0 Å². The minimum atomic E-state index is 0. The summed E-state index contributed by atoms with van der Waals surface area (Å²) in [5.41, 5.74) is 4.97. The standard InChI is InChI=1S/C21H20NO4.HI/c1-12-14-4-5-17(23-2)21(24-3)16(14)10-22-7-6-13-8-18-19(26-11-25-18)9-15(13)20(12)22;/h4-5,8-10H,6-7,11H2,1-3H3;1H/q+1;/p-1. The third-order valence-electron chi connectivity index (χ3n) is 5.39. The van der Waals surface area contributed by atoms with E-state index in [-0.39, 0.29) is 24.0 Å². The second kappa shape index (κ2) is 6.74. The summed E-state index contributed by atoms with van der Waals surface area (Å²) < 4.78 is 24.6. The molecule has 0 fully saturated rings. The quantitative estimate of drug-likeness (QED) is 0.396. The van der Waals surface area contributed by atoms with E-state index in [4.69, 9.17) is 18.9 Å². The number of fused-ring (bicyclic) bond motifs is 5. The van der Waals surface area contributed by atoms with Crippen LogP contribution < -0.4 is 47.5 Å². The molecule has 3 aromatic rings. The van der Waals surface area contributed by atoms with Gasteiger partial charge in [-0.3, -0.25) is 0 Å². The van der Waals surface area contributed by atoms with E-state index in [9.17, 15) is 0 Å².